The lowest BCUT2D eigenvalue weighted by Gasteiger charge is -2.58. The molecule has 3 N–H and O–H groups in total. The van der Waals surface area contributed by atoms with Crippen LogP contribution in [0.3, 0.4) is 0 Å². The van der Waals surface area contributed by atoms with E-state index in [-0.39, 0.29) is 30.2 Å². The van der Waals surface area contributed by atoms with E-state index >= 15 is 0 Å². The first-order valence-corrected chi connectivity index (χ1v) is 19.3. The van der Waals surface area contributed by atoms with Crippen molar-refractivity contribution in [3.8, 4) is 5.75 Å². The quantitative estimate of drug-likeness (QED) is 0.0824. The van der Waals surface area contributed by atoms with Crippen LogP contribution in [0.5, 0.6) is 5.75 Å². The van der Waals surface area contributed by atoms with E-state index < -0.39 is 20.1 Å². The largest absolute Gasteiger partial charge is 0.524 e. The molecule has 9 atom stereocenters. The van der Waals surface area contributed by atoms with Crippen LogP contribution < -0.4 is 9.84 Å². The van der Waals surface area contributed by atoms with Crippen molar-refractivity contribution in [2.24, 2.45) is 46.3 Å². The molecule has 4 aliphatic rings. The van der Waals surface area contributed by atoms with Crippen LogP contribution >= 0.6 is 7.82 Å². The second kappa shape index (κ2) is 14.6. The molecule has 10 heteroatoms. The van der Waals surface area contributed by atoms with Crippen LogP contribution in [0.2, 0.25) is 0 Å². The molecule has 1 aromatic carbocycles. The fourth-order valence-corrected chi connectivity index (χ4v) is 10.7. The smallest absolute Gasteiger partial charge is 0.446 e. The van der Waals surface area contributed by atoms with Crippen LogP contribution in [0.25, 0.3) is 0 Å². The lowest BCUT2D eigenvalue weighted by Crippen LogP contribution is -2.51. The van der Waals surface area contributed by atoms with Crippen molar-refractivity contribution in [1.29, 1.82) is 0 Å². The molecule has 0 heterocycles. The monoisotopic (exact) mass is 673 g/mol. The first-order chi connectivity index (χ1) is 22.2. The van der Waals surface area contributed by atoms with E-state index in [0.717, 1.165) is 55.3 Å². The second-order valence-electron chi connectivity index (χ2n) is 15.9. The Hall–Kier alpha value is -2.35. The fourth-order valence-electron chi connectivity index (χ4n) is 10.3. The van der Waals surface area contributed by atoms with Gasteiger partial charge in [0.15, 0.2) is 6.23 Å². The Bertz CT molecular complexity index is 1330. The summed E-state index contributed by atoms with van der Waals surface area (Å²) in [5, 5.41) is 2.66. The van der Waals surface area contributed by atoms with Gasteiger partial charge in [-0.15, -0.1) is 0 Å². The fraction of sp³-hybridized carbons (Fsp3) is 0.730. The predicted octanol–water partition coefficient (Wildman–Crippen LogP) is 8.34. The van der Waals surface area contributed by atoms with Gasteiger partial charge in [-0.2, -0.15) is 0 Å². The van der Waals surface area contributed by atoms with Crippen molar-refractivity contribution in [2.75, 3.05) is 0 Å². The summed E-state index contributed by atoms with van der Waals surface area (Å²) in [4.78, 5) is 42.1. The van der Waals surface area contributed by atoms with E-state index in [4.69, 9.17) is 19.3 Å². The number of fused-ring (bicyclic) bond motifs is 5. The maximum absolute atomic E-state index is 13.0. The highest BCUT2D eigenvalue weighted by Gasteiger charge is 2.59. The number of ether oxygens (including phenoxy) is 2. The summed E-state index contributed by atoms with van der Waals surface area (Å²) in [6.07, 6.45) is 14.0. The summed E-state index contributed by atoms with van der Waals surface area (Å²) < 4.78 is 26.6. The minimum Gasteiger partial charge on any atom is -0.446 e. The number of nitrogens with one attached hydrogen (secondary N) is 1. The second-order valence-corrected chi connectivity index (χ2v) is 17.0. The van der Waals surface area contributed by atoms with E-state index in [1.165, 1.54) is 62.7 Å². The summed E-state index contributed by atoms with van der Waals surface area (Å²) in [5.41, 5.74) is 2.72. The number of carbonyl (C=O) groups is 2. The molecular formula is C37H56NO8P. The molecule has 3 saturated carbocycles. The molecular weight excluding hydrogens is 617 g/mol. The molecule has 262 valence electrons. The van der Waals surface area contributed by atoms with Gasteiger partial charge in [-0.05, 0) is 109 Å². The Kier molecular flexibility index (Phi) is 11.2. The van der Waals surface area contributed by atoms with Crippen LogP contribution in [-0.2, 0) is 25.3 Å². The maximum atomic E-state index is 13.0. The highest BCUT2D eigenvalue weighted by atomic mass is 31.2. The van der Waals surface area contributed by atoms with Crippen molar-refractivity contribution in [1.82, 2.24) is 5.32 Å². The van der Waals surface area contributed by atoms with Gasteiger partial charge in [-0.1, -0.05) is 77.7 Å². The Morgan fingerprint density at radius 2 is 1.79 bits per heavy atom. The highest BCUT2D eigenvalue weighted by Crippen LogP contribution is 2.67. The van der Waals surface area contributed by atoms with Crippen LogP contribution in [0.1, 0.15) is 111 Å². The summed E-state index contributed by atoms with van der Waals surface area (Å²) in [6.45, 7) is 12.6. The van der Waals surface area contributed by atoms with Gasteiger partial charge < -0.3 is 14.0 Å². The number of amides is 1. The molecule has 1 amide bonds. The van der Waals surface area contributed by atoms with E-state index in [9.17, 15) is 14.2 Å². The van der Waals surface area contributed by atoms with Gasteiger partial charge in [0.2, 0.25) is 0 Å². The number of hydrogen-bond acceptors (Lipinski definition) is 6. The molecule has 3 unspecified atom stereocenters. The van der Waals surface area contributed by atoms with Crippen molar-refractivity contribution < 1.29 is 37.9 Å². The lowest BCUT2D eigenvalue weighted by molar-refractivity contribution is -0.134. The van der Waals surface area contributed by atoms with Crippen LogP contribution in [0, 0.1) is 46.3 Å². The Morgan fingerprint density at radius 3 is 2.47 bits per heavy atom. The molecule has 9 nitrogen and oxygen atoms in total. The molecule has 4 aliphatic carbocycles. The maximum Gasteiger partial charge on any atom is 0.524 e. The molecule has 0 saturated heterocycles. The number of benzene rings is 1. The number of carbonyl (C=O) groups excluding carboxylic acids is 2. The minimum absolute atomic E-state index is 0.00625. The first-order valence-electron chi connectivity index (χ1n) is 17.8. The molecule has 0 bridgehead atoms. The molecule has 0 radical (unpaired) electrons. The van der Waals surface area contributed by atoms with E-state index in [1.54, 1.807) is 12.1 Å². The Morgan fingerprint density at radius 1 is 1.04 bits per heavy atom. The molecule has 1 aromatic rings. The van der Waals surface area contributed by atoms with Crippen LogP contribution in [-0.4, -0.2) is 34.7 Å². The van der Waals surface area contributed by atoms with Crippen molar-refractivity contribution in [3.05, 3.63) is 41.5 Å². The third-order valence-corrected chi connectivity index (χ3v) is 13.0. The lowest BCUT2D eigenvalue weighted by atomic mass is 9.47. The van der Waals surface area contributed by atoms with Gasteiger partial charge in [0, 0.05) is 12.8 Å². The zero-order chi connectivity index (χ0) is 34.0. The van der Waals surface area contributed by atoms with E-state index in [2.05, 4.69) is 50.5 Å². The third kappa shape index (κ3) is 8.28. The molecule has 0 spiro atoms. The summed E-state index contributed by atoms with van der Waals surface area (Å²) in [5.74, 6) is 4.68. The minimum atomic E-state index is -4.67. The normalized spacial score (nSPS) is 33.0. The topological polar surface area (TPSA) is 131 Å². The standard InChI is InChI=1S/C37H56NO8P/c1-24(2)7-6-8-25(3)31-15-16-32-30-14-11-27-22-29(17-19-36(27,4)33(30)18-20-37(31,32)5)45-35(40)38-34(44-23-39)21-26-9-12-28(13-10-26)46-47(41,42)43/h9-13,23-25,29-34H,6-8,14-22H2,1-5H3,(H,38,40)(H2,41,42,43)/t25-,29?,30+,31?,32+,33+,34?,36+,37-/m1/s1. The molecule has 0 aromatic heterocycles. The van der Waals surface area contributed by atoms with Crippen molar-refractivity contribution in [3.63, 3.8) is 0 Å². The number of allylic oxidation sites excluding steroid dienone is 1. The highest BCUT2D eigenvalue weighted by molar-refractivity contribution is 7.46. The van der Waals surface area contributed by atoms with Gasteiger partial charge in [0.25, 0.3) is 6.47 Å². The van der Waals surface area contributed by atoms with Gasteiger partial charge in [-0.3, -0.25) is 19.9 Å². The number of phosphoric acid groups is 1. The predicted molar refractivity (Wildman–Crippen MR) is 180 cm³/mol. The van der Waals surface area contributed by atoms with Gasteiger partial charge in [0.05, 0.1) is 0 Å². The zero-order valence-electron chi connectivity index (χ0n) is 28.9. The number of alkyl carbamates (subject to hydrolysis) is 1. The van der Waals surface area contributed by atoms with Crippen LogP contribution in [0.4, 0.5) is 4.79 Å². The van der Waals surface area contributed by atoms with Crippen LogP contribution in [0.15, 0.2) is 35.9 Å². The van der Waals surface area contributed by atoms with Crippen molar-refractivity contribution in [2.45, 2.75) is 124 Å². The summed E-state index contributed by atoms with van der Waals surface area (Å²) >= 11 is 0. The number of phosphoric ester groups is 1. The first kappa shape index (κ1) is 35.9. The Labute approximate surface area is 280 Å². The number of rotatable bonds is 13. The average molecular weight is 674 g/mol. The molecule has 5 rings (SSSR count). The Balaban J connectivity index is 1.16. The summed E-state index contributed by atoms with van der Waals surface area (Å²) in [6, 6.07) is 5.97. The van der Waals surface area contributed by atoms with Gasteiger partial charge in [-0.25, -0.2) is 9.36 Å². The van der Waals surface area contributed by atoms with E-state index in [1.807, 2.05) is 0 Å². The van der Waals surface area contributed by atoms with Gasteiger partial charge >= 0.3 is 13.9 Å². The van der Waals surface area contributed by atoms with E-state index in [0.29, 0.717) is 16.9 Å². The summed E-state index contributed by atoms with van der Waals surface area (Å²) in [7, 11) is -4.67. The SMILES string of the molecule is CC(C)CCC[C@@H](C)C1CC[C@H]2[C@@H]3CC=C4CC(OC(=O)NC(Cc5ccc(OP(=O)(O)O)cc5)OC=O)CC[C@]4(C)[C@H]3CC[C@]12C. The molecule has 47 heavy (non-hydrogen) atoms. The molecule has 0 aliphatic heterocycles. The number of hydrogen-bond donors (Lipinski definition) is 3. The molecule has 3 fully saturated rings. The zero-order valence-corrected chi connectivity index (χ0v) is 29.8. The third-order valence-electron chi connectivity index (χ3n) is 12.6. The van der Waals surface area contributed by atoms with Gasteiger partial charge in [0.1, 0.15) is 11.9 Å². The van der Waals surface area contributed by atoms with Crippen molar-refractivity contribution >= 4 is 20.4 Å². The average Bonchev–Trinajstić information content (AvgIpc) is 3.35.